The lowest BCUT2D eigenvalue weighted by molar-refractivity contribution is 0.0798. The number of nitrogens with two attached hydrogens (primary N) is 1. The average molecular weight is 238 g/mol. The Morgan fingerprint density at radius 1 is 1.24 bits per heavy atom. The maximum Gasteiger partial charge on any atom is 0.253 e. The Bertz CT molecular complexity index is 371. The second-order valence-corrected chi connectivity index (χ2v) is 3.62. The van der Waals surface area contributed by atoms with Crippen molar-refractivity contribution in [1.82, 2.24) is 4.90 Å². The average Bonchev–Trinajstić information content (AvgIpc) is 2.37. The summed E-state index contributed by atoms with van der Waals surface area (Å²) in [4.78, 5) is 13.6. The van der Waals surface area contributed by atoms with Crippen molar-refractivity contribution in [1.29, 1.82) is 0 Å². The molecule has 0 aromatic heterocycles. The standard InChI is InChI=1S/C12H18N2O3/c1-14(5-4-13)12(15)9-6-10(16-2)8-11(7-9)17-3/h6-8H,4-5,13H2,1-3H3. The fourth-order valence-corrected chi connectivity index (χ4v) is 1.45. The Hall–Kier alpha value is -1.75. The van der Waals surface area contributed by atoms with Crippen LogP contribution in [0.1, 0.15) is 10.4 Å². The van der Waals surface area contributed by atoms with Gasteiger partial charge in [0.05, 0.1) is 14.2 Å². The number of methoxy groups -OCH3 is 2. The van der Waals surface area contributed by atoms with Crippen molar-refractivity contribution in [3.8, 4) is 11.5 Å². The van der Waals surface area contributed by atoms with Gasteiger partial charge in [0.1, 0.15) is 11.5 Å². The van der Waals surface area contributed by atoms with E-state index in [2.05, 4.69) is 0 Å². The lowest BCUT2D eigenvalue weighted by atomic mass is 10.1. The summed E-state index contributed by atoms with van der Waals surface area (Å²) in [6.07, 6.45) is 0. The third-order valence-electron chi connectivity index (χ3n) is 2.41. The lowest BCUT2D eigenvalue weighted by Crippen LogP contribution is -2.31. The number of rotatable bonds is 5. The van der Waals surface area contributed by atoms with Gasteiger partial charge in [0.2, 0.25) is 0 Å². The van der Waals surface area contributed by atoms with Crippen LogP contribution < -0.4 is 15.2 Å². The van der Waals surface area contributed by atoms with E-state index in [4.69, 9.17) is 15.2 Å². The van der Waals surface area contributed by atoms with Gasteiger partial charge in [-0.1, -0.05) is 0 Å². The summed E-state index contributed by atoms with van der Waals surface area (Å²) in [7, 11) is 4.81. The molecule has 2 N–H and O–H groups in total. The molecule has 0 spiro atoms. The van der Waals surface area contributed by atoms with E-state index in [9.17, 15) is 4.79 Å². The van der Waals surface area contributed by atoms with Gasteiger partial charge < -0.3 is 20.1 Å². The van der Waals surface area contributed by atoms with E-state index >= 15 is 0 Å². The normalized spacial score (nSPS) is 9.88. The monoisotopic (exact) mass is 238 g/mol. The first-order chi connectivity index (χ1) is 8.12. The van der Waals surface area contributed by atoms with Crippen LogP contribution in [-0.4, -0.2) is 45.2 Å². The molecule has 0 saturated heterocycles. The molecule has 1 aromatic carbocycles. The van der Waals surface area contributed by atoms with Crippen LogP contribution in [0.4, 0.5) is 0 Å². The van der Waals surface area contributed by atoms with Crippen LogP contribution in [0.3, 0.4) is 0 Å². The van der Waals surface area contributed by atoms with Crippen LogP contribution in [0.2, 0.25) is 0 Å². The fourth-order valence-electron chi connectivity index (χ4n) is 1.45. The molecule has 5 nitrogen and oxygen atoms in total. The summed E-state index contributed by atoms with van der Waals surface area (Å²) in [5.74, 6) is 1.08. The first kappa shape index (κ1) is 13.3. The number of amides is 1. The number of nitrogens with zero attached hydrogens (tertiary/aromatic N) is 1. The molecular formula is C12H18N2O3. The first-order valence-corrected chi connectivity index (χ1v) is 5.31. The molecule has 1 aromatic rings. The molecule has 1 amide bonds. The second-order valence-electron chi connectivity index (χ2n) is 3.62. The minimum absolute atomic E-state index is 0.104. The van der Waals surface area contributed by atoms with Crippen molar-refractivity contribution in [2.45, 2.75) is 0 Å². The molecule has 0 unspecified atom stereocenters. The minimum Gasteiger partial charge on any atom is -0.497 e. The van der Waals surface area contributed by atoms with E-state index in [0.717, 1.165) is 0 Å². The highest BCUT2D eigenvalue weighted by molar-refractivity contribution is 5.95. The van der Waals surface area contributed by atoms with Crippen LogP contribution in [0, 0.1) is 0 Å². The molecule has 0 saturated carbocycles. The topological polar surface area (TPSA) is 64.8 Å². The number of ether oxygens (including phenoxy) is 2. The van der Waals surface area contributed by atoms with Crippen LogP contribution in [0.15, 0.2) is 18.2 Å². The molecule has 94 valence electrons. The van der Waals surface area contributed by atoms with E-state index in [-0.39, 0.29) is 5.91 Å². The predicted octanol–water partition coefficient (Wildman–Crippen LogP) is 0.735. The van der Waals surface area contributed by atoms with E-state index in [1.807, 2.05) is 0 Å². The smallest absolute Gasteiger partial charge is 0.253 e. The quantitative estimate of drug-likeness (QED) is 0.821. The number of carbonyl (C=O) groups is 1. The fraction of sp³-hybridized carbons (Fsp3) is 0.417. The molecule has 0 aliphatic carbocycles. The summed E-state index contributed by atoms with van der Waals surface area (Å²) >= 11 is 0. The Morgan fingerprint density at radius 2 is 1.76 bits per heavy atom. The van der Waals surface area contributed by atoms with Gasteiger partial charge in [-0.05, 0) is 12.1 Å². The first-order valence-electron chi connectivity index (χ1n) is 5.31. The second kappa shape index (κ2) is 6.10. The van der Waals surface area contributed by atoms with Gasteiger partial charge in [-0.25, -0.2) is 0 Å². The van der Waals surface area contributed by atoms with Gasteiger partial charge in [0.25, 0.3) is 5.91 Å². The van der Waals surface area contributed by atoms with Gasteiger partial charge in [-0.15, -0.1) is 0 Å². The van der Waals surface area contributed by atoms with E-state index in [0.29, 0.717) is 30.2 Å². The molecule has 5 heteroatoms. The van der Waals surface area contributed by atoms with Crippen LogP contribution >= 0.6 is 0 Å². The summed E-state index contributed by atoms with van der Waals surface area (Å²) in [6.45, 7) is 0.946. The molecule has 0 atom stereocenters. The zero-order valence-electron chi connectivity index (χ0n) is 10.4. The largest absolute Gasteiger partial charge is 0.497 e. The zero-order chi connectivity index (χ0) is 12.8. The lowest BCUT2D eigenvalue weighted by Gasteiger charge is -2.17. The minimum atomic E-state index is -0.104. The van der Waals surface area contributed by atoms with Crippen molar-refractivity contribution in [3.05, 3.63) is 23.8 Å². The van der Waals surface area contributed by atoms with Gasteiger partial charge in [0.15, 0.2) is 0 Å². The van der Waals surface area contributed by atoms with Crippen molar-refractivity contribution < 1.29 is 14.3 Å². The van der Waals surface area contributed by atoms with E-state index in [1.54, 1.807) is 44.4 Å². The summed E-state index contributed by atoms with van der Waals surface area (Å²) in [6, 6.07) is 5.08. The maximum absolute atomic E-state index is 12.0. The highest BCUT2D eigenvalue weighted by atomic mass is 16.5. The summed E-state index contributed by atoms with van der Waals surface area (Å²) in [5.41, 5.74) is 5.94. The Morgan fingerprint density at radius 3 is 2.18 bits per heavy atom. The molecule has 0 bridgehead atoms. The molecule has 0 heterocycles. The van der Waals surface area contributed by atoms with Crippen LogP contribution in [-0.2, 0) is 0 Å². The third kappa shape index (κ3) is 3.35. The summed E-state index contributed by atoms with van der Waals surface area (Å²) in [5, 5.41) is 0. The van der Waals surface area contributed by atoms with Gasteiger partial charge >= 0.3 is 0 Å². The number of carbonyl (C=O) groups excluding carboxylic acids is 1. The van der Waals surface area contributed by atoms with Crippen molar-refractivity contribution in [2.75, 3.05) is 34.4 Å². The number of likely N-dealkylation sites (N-methyl/N-ethyl adjacent to an activating group) is 1. The SMILES string of the molecule is COc1cc(OC)cc(C(=O)N(C)CCN)c1. The molecule has 0 aliphatic heterocycles. The summed E-state index contributed by atoms with van der Waals surface area (Å²) < 4.78 is 10.2. The molecular weight excluding hydrogens is 220 g/mol. The van der Waals surface area contributed by atoms with Crippen molar-refractivity contribution in [3.63, 3.8) is 0 Å². The van der Waals surface area contributed by atoms with Gasteiger partial charge in [-0.2, -0.15) is 0 Å². The number of hydrogen-bond donors (Lipinski definition) is 1. The number of benzene rings is 1. The van der Waals surface area contributed by atoms with E-state index in [1.165, 1.54) is 0 Å². The third-order valence-corrected chi connectivity index (χ3v) is 2.41. The molecule has 0 aliphatic rings. The van der Waals surface area contributed by atoms with Crippen LogP contribution in [0.25, 0.3) is 0 Å². The zero-order valence-corrected chi connectivity index (χ0v) is 10.4. The Kier molecular flexibility index (Phi) is 4.78. The van der Waals surface area contributed by atoms with Gasteiger partial charge in [-0.3, -0.25) is 4.79 Å². The molecule has 0 fully saturated rings. The number of hydrogen-bond acceptors (Lipinski definition) is 4. The molecule has 1 rings (SSSR count). The molecule has 17 heavy (non-hydrogen) atoms. The van der Waals surface area contributed by atoms with Crippen molar-refractivity contribution in [2.24, 2.45) is 5.73 Å². The van der Waals surface area contributed by atoms with E-state index < -0.39 is 0 Å². The Balaban J connectivity index is 2.99. The van der Waals surface area contributed by atoms with Crippen LogP contribution in [0.5, 0.6) is 11.5 Å². The molecule has 0 radical (unpaired) electrons. The predicted molar refractivity (Wildman–Crippen MR) is 65.6 cm³/mol. The Labute approximate surface area is 101 Å². The maximum atomic E-state index is 12.0. The highest BCUT2D eigenvalue weighted by Gasteiger charge is 2.13. The van der Waals surface area contributed by atoms with Crippen molar-refractivity contribution >= 4 is 5.91 Å². The highest BCUT2D eigenvalue weighted by Crippen LogP contribution is 2.23. The van der Waals surface area contributed by atoms with Gasteiger partial charge in [0, 0.05) is 31.8 Å².